The van der Waals surface area contributed by atoms with E-state index >= 15 is 0 Å². The van der Waals surface area contributed by atoms with E-state index in [-0.39, 0.29) is 0 Å². The van der Waals surface area contributed by atoms with Gasteiger partial charge >= 0.3 is 0 Å². The fraction of sp³-hybridized carbons (Fsp3) is 0. The Morgan fingerprint density at radius 1 is 0.422 bits per heavy atom. The largest absolute Gasteiger partial charge is 0.308 e. The summed E-state index contributed by atoms with van der Waals surface area (Å²) in [7, 11) is 0. The lowest BCUT2D eigenvalue weighted by molar-refractivity contribution is 1.17. The molecule has 0 N–H and O–H groups in total. The minimum Gasteiger partial charge on any atom is -0.308 e. The van der Waals surface area contributed by atoms with Crippen LogP contribution in [-0.4, -0.2) is 19.5 Å². The van der Waals surface area contributed by atoms with Crippen molar-refractivity contribution < 1.29 is 0 Å². The molecule has 0 bridgehead atoms. The molecule has 0 saturated carbocycles. The Morgan fingerprint density at radius 2 is 1.16 bits per heavy atom. The third-order valence-corrected chi connectivity index (χ3v) is 8.73. The summed E-state index contributed by atoms with van der Waals surface area (Å²) < 4.78 is 2.29. The molecule has 210 valence electrons. The van der Waals surface area contributed by atoms with Crippen molar-refractivity contribution in [2.24, 2.45) is 0 Å². The first-order valence-electron chi connectivity index (χ1n) is 15.1. The second-order valence-corrected chi connectivity index (χ2v) is 11.4. The topological polar surface area (TPSA) is 43.6 Å². The van der Waals surface area contributed by atoms with Gasteiger partial charge < -0.3 is 4.57 Å². The molecule has 0 aliphatic heterocycles. The Labute approximate surface area is 259 Å². The van der Waals surface area contributed by atoms with E-state index in [2.05, 4.69) is 136 Å². The predicted molar refractivity (Wildman–Crippen MR) is 185 cm³/mol. The average Bonchev–Trinajstić information content (AvgIpc) is 3.46. The van der Waals surface area contributed by atoms with Crippen LogP contribution in [0.5, 0.6) is 0 Å². The number of hydrogen-bond acceptors (Lipinski definition) is 3. The molecule has 0 aliphatic rings. The van der Waals surface area contributed by atoms with Crippen molar-refractivity contribution in [2.75, 3.05) is 0 Å². The van der Waals surface area contributed by atoms with Crippen LogP contribution in [0.25, 0.3) is 82.8 Å². The monoisotopic (exact) mass is 574 g/mol. The second kappa shape index (κ2) is 10.2. The molecule has 0 saturated heterocycles. The quantitative estimate of drug-likeness (QED) is 0.196. The maximum absolute atomic E-state index is 5.12. The average molecular weight is 575 g/mol. The van der Waals surface area contributed by atoms with Crippen molar-refractivity contribution >= 4 is 43.4 Å². The first kappa shape index (κ1) is 25.4. The van der Waals surface area contributed by atoms with Gasteiger partial charge in [0, 0.05) is 34.4 Å². The molecule has 0 radical (unpaired) electrons. The van der Waals surface area contributed by atoms with Gasteiger partial charge in [-0.1, -0.05) is 84.9 Å². The smallest absolute Gasteiger partial charge is 0.0899 e. The maximum atomic E-state index is 5.12. The zero-order valence-electron chi connectivity index (χ0n) is 24.3. The number of aromatic nitrogens is 4. The Morgan fingerprint density at radius 3 is 2.04 bits per heavy atom. The van der Waals surface area contributed by atoms with Crippen LogP contribution in [0.2, 0.25) is 0 Å². The van der Waals surface area contributed by atoms with Crippen LogP contribution in [0.4, 0.5) is 0 Å². The van der Waals surface area contributed by atoms with Crippen LogP contribution in [0.1, 0.15) is 0 Å². The first-order valence-corrected chi connectivity index (χ1v) is 15.1. The highest BCUT2D eigenvalue weighted by molar-refractivity contribution is 6.09. The van der Waals surface area contributed by atoms with E-state index in [4.69, 9.17) is 4.98 Å². The van der Waals surface area contributed by atoms with Gasteiger partial charge in [-0.15, -0.1) is 0 Å². The summed E-state index contributed by atoms with van der Waals surface area (Å²) in [4.78, 5) is 14.2. The van der Waals surface area contributed by atoms with Gasteiger partial charge in [-0.05, 0) is 87.3 Å². The summed E-state index contributed by atoms with van der Waals surface area (Å²) in [6, 6.07) is 49.3. The van der Waals surface area contributed by atoms with Crippen molar-refractivity contribution in [3.05, 3.63) is 158 Å². The summed E-state index contributed by atoms with van der Waals surface area (Å²) in [6.07, 6.45) is 5.63. The van der Waals surface area contributed by atoms with Gasteiger partial charge in [0.1, 0.15) is 0 Å². The third kappa shape index (κ3) is 4.27. The molecule has 45 heavy (non-hydrogen) atoms. The van der Waals surface area contributed by atoms with E-state index in [0.717, 1.165) is 45.0 Å². The van der Waals surface area contributed by atoms with Gasteiger partial charge in [0.05, 0.1) is 34.3 Å². The van der Waals surface area contributed by atoms with E-state index in [0.29, 0.717) is 0 Å². The van der Waals surface area contributed by atoms with Crippen molar-refractivity contribution in [3.63, 3.8) is 0 Å². The number of pyridine rings is 3. The van der Waals surface area contributed by atoms with Gasteiger partial charge in [-0.3, -0.25) is 9.97 Å². The van der Waals surface area contributed by atoms with Crippen LogP contribution in [0, 0.1) is 0 Å². The first-order chi connectivity index (χ1) is 22.3. The SMILES string of the molecule is c1ccc(-c2cc(-c3ccc(-n4c5ccccc5c5ccncc54)cc3)cc(-c3ccc4c(ccc5ccccc54)c3)n2)nc1. The fourth-order valence-corrected chi connectivity index (χ4v) is 6.56. The summed E-state index contributed by atoms with van der Waals surface area (Å²) in [5, 5.41) is 7.37. The highest BCUT2D eigenvalue weighted by atomic mass is 15.0. The highest BCUT2D eigenvalue weighted by Gasteiger charge is 2.14. The molecule has 9 aromatic rings. The molecule has 0 spiro atoms. The van der Waals surface area contributed by atoms with Gasteiger partial charge in [-0.25, -0.2) is 4.98 Å². The Kier molecular flexibility index (Phi) is 5.78. The lowest BCUT2D eigenvalue weighted by Gasteiger charge is -2.12. The number of para-hydroxylation sites is 1. The predicted octanol–water partition coefficient (Wildman–Crippen LogP) is 10.3. The van der Waals surface area contributed by atoms with E-state index in [1.807, 2.05) is 36.8 Å². The lowest BCUT2D eigenvalue weighted by atomic mass is 9.97. The summed E-state index contributed by atoms with van der Waals surface area (Å²) >= 11 is 0. The van der Waals surface area contributed by atoms with Crippen molar-refractivity contribution in [1.82, 2.24) is 19.5 Å². The Hall–Kier alpha value is -6.13. The molecule has 0 amide bonds. The number of rotatable bonds is 4. The summed E-state index contributed by atoms with van der Waals surface area (Å²) in [6.45, 7) is 0. The van der Waals surface area contributed by atoms with Gasteiger partial charge in [0.2, 0.25) is 0 Å². The van der Waals surface area contributed by atoms with Crippen LogP contribution in [0.15, 0.2) is 158 Å². The molecule has 9 rings (SSSR count). The number of nitrogens with zero attached hydrogens (tertiary/aromatic N) is 4. The minimum absolute atomic E-state index is 0.847. The van der Waals surface area contributed by atoms with E-state index in [1.165, 1.54) is 37.8 Å². The van der Waals surface area contributed by atoms with E-state index < -0.39 is 0 Å². The molecule has 5 aromatic carbocycles. The zero-order valence-corrected chi connectivity index (χ0v) is 24.3. The highest BCUT2D eigenvalue weighted by Crippen LogP contribution is 2.35. The maximum Gasteiger partial charge on any atom is 0.0899 e. The van der Waals surface area contributed by atoms with Gasteiger partial charge in [0.25, 0.3) is 0 Å². The fourth-order valence-electron chi connectivity index (χ4n) is 6.56. The van der Waals surface area contributed by atoms with Crippen LogP contribution < -0.4 is 0 Å². The lowest BCUT2D eigenvalue weighted by Crippen LogP contribution is -1.95. The molecule has 0 aliphatic carbocycles. The molecule has 4 heterocycles. The van der Waals surface area contributed by atoms with E-state index in [1.54, 1.807) is 0 Å². The molecule has 4 heteroatoms. The second-order valence-electron chi connectivity index (χ2n) is 11.4. The molecule has 0 atom stereocenters. The van der Waals surface area contributed by atoms with Crippen molar-refractivity contribution in [3.8, 4) is 39.5 Å². The molecule has 0 unspecified atom stereocenters. The van der Waals surface area contributed by atoms with Crippen molar-refractivity contribution in [2.45, 2.75) is 0 Å². The molecule has 4 aromatic heterocycles. The normalized spacial score (nSPS) is 11.6. The molecule has 4 nitrogen and oxygen atoms in total. The Bertz CT molecular complexity index is 2480. The van der Waals surface area contributed by atoms with Crippen LogP contribution in [0.3, 0.4) is 0 Å². The molecular formula is C41H26N4. The van der Waals surface area contributed by atoms with Gasteiger partial charge in [0.15, 0.2) is 0 Å². The summed E-state index contributed by atoms with van der Waals surface area (Å²) in [5.41, 5.74) is 9.26. The third-order valence-electron chi connectivity index (χ3n) is 8.73. The van der Waals surface area contributed by atoms with Gasteiger partial charge in [-0.2, -0.15) is 0 Å². The molecule has 0 fully saturated rings. The number of fused-ring (bicyclic) bond motifs is 6. The van der Waals surface area contributed by atoms with Crippen molar-refractivity contribution in [1.29, 1.82) is 0 Å². The van der Waals surface area contributed by atoms with Crippen LogP contribution in [-0.2, 0) is 0 Å². The zero-order chi connectivity index (χ0) is 29.7. The standard InChI is InChI=1S/C41H26N4/c1-2-8-33-28(7-1)12-13-29-23-30(16-19-34(29)33)38-24-31(25-39(44-38)37-10-5-6-21-43-37)27-14-17-32(18-15-27)45-40-11-4-3-9-35(40)36-20-22-42-26-41(36)45/h1-26H. The number of benzene rings is 5. The van der Waals surface area contributed by atoms with E-state index in [9.17, 15) is 0 Å². The van der Waals surface area contributed by atoms with Crippen LogP contribution >= 0.6 is 0 Å². The number of hydrogen-bond donors (Lipinski definition) is 0. The minimum atomic E-state index is 0.847. The summed E-state index contributed by atoms with van der Waals surface area (Å²) in [5.74, 6) is 0. The Balaban J connectivity index is 1.18. The molecular weight excluding hydrogens is 548 g/mol.